The standard InChI is InChI=1S/C22H24N2O4/c25-20(23-10-9-16-4-3-11-27-16)18-12-15-8-7-14(18)13-22(15)24-21(26)17-5-1-2-6-19(17)28-22/h1-6,11,14-15,18H,7-10,12-13H2,(H,23,25)(H,24,26)/t14-,15+,18-,22+/m1/s1. The van der Waals surface area contributed by atoms with Crippen molar-refractivity contribution >= 4 is 11.8 Å². The van der Waals surface area contributed by atoms with Gasteiger partial charge >= 0.3 is 0 Å². The number of benzene rings is 1. The second-order valence-electron chi connectivity index (χ2n) is 8.14. The molecule has 6 heteroatoms. The molecule has 1 aromatic heterocycles. The Morgan fingerprint density at radius 3 is 2.89 bits per heavy atom. The van der Waals surface area contributed by atoms with Gasteiger partial charge in [-0.1, -0.05) is 12.1 Å². The maximum atomic E-state index is 12.8. The van der Waals surface area contributed by atoms with Gasteiger partial charge in [0.2, 0.25) is 5.91 Å². The van der Waals surface area contributed by atoms with E-state index in [4.69, 9.17) is 9.15 Å². The van der Waals surface area contributed by atoms with Gasteiger partial charge in [-0.3, -0.25) is 9.59 Å². The summed E-state index contributed by atoms with van der Waals surface area (Å²) in [4.78, 5) is 25.4. The SMILES string of the molecule is O=C1N[C@@]2(C[C@H]3CC[C@H]2C[C@H]3C(=O)NCCc2ccco2)Oc2ccccc21. The minimum atomic E-state index is -0.667. The van der Waals surface area contributed by atoms with Crippen LogP contribution in [0.2, 0.25) is 0 Å². The molecule has 2 bridgehead atoms. The van der Waals surface area contributed by atoms with Crippen LogP contribution in [0.4, 0.5) is 0 Å². The minimum Gasteiger partial charge on any atom is -0.469 e. The Kier molecular flexibility index (Phi) is 4.14. The first-order chi connectivity index (χ1) is 13.6. The summed E-state index contributed by atoms with van der Waals surface area (Å²) in [6, 6.07) is 11.1. The lowest BCUT2D eigenvalue weighted by Gasteiger charge is -2.55. The number of ether oxygens (including phenoxy) is 1. The van der Waals surface area contributed by atoms with Crippen molar-refractivity contribution in [3.63, 3.8) is 0 Å². The third kappa shape index (κ3) is 2.87. The monoisotopic (exact) mass is 380 g/mol. The molecule has 0 saturated heterocycles. The van der Waals surface area contributed by atoms with Gasteiger partial charge in [-0.15, -0.1) is 0 Å². The molecule has 1 aliphatic heterocycles. The van der Waals surface area contributed by atoms with Crippen molar-refractivity contribution in [1.82, 2.24) is 10.6 Å². The Morgan fingerprint density at radius 1 is 1.21 bits per heavy atom. The van der Waals surface area contributed by atoms with Crippen LogP contribution >= 0.6 is 0 Å². The maximum absolute atomic E-state index is 12.8. The smallest absolute Gasteiger partial charge is 0.258 e. The number of hydrogen-bond donors (Lipinski definition) is 2. The first kappa shape index (κ1) is 17.3. The predicted octanol–water partition coefficient (Wildman–Crippen LogP) is 2.89. The average molecular weight is 380 g/mol. The quantitative estimate of drug-likeness (QED) is 0.855. The Labute approximate surface area is 163 Å². The van der Waals surface area contributed by atoms with Crippen LogP contribution in [-0.2, 0) is 11.2 Å². The molecule has 4 aliphatic rings. The zero-order valence-electron chi connectivity index (χ0n) is 15.6. The number of furan rings is 1. The van der Waals surface area contributed by atoms with Crippen LogP contribution in [-0.4, -0.2) is 24.1 Å². The highest BCUT2D eigenvalue weighted by atomic mass is 16.5. The van der Waals surface area contributed by atoms with Gasteiger partial charge in [-0.25, -0.2) is 0 Å². The van der Waals surface area contributed by atoms with Crippen LogP contribution in [0.3, 0.4) is 0 Å². The second-order valence-corrected chi connectivity index (χ2v) is 8.14. The molecule has 3 aliphatic carbocycles. The zero-order chi connectivity index (χ0) is 19.1. The summed E-state index contributed by atoms with van der Waals surface area (Å²) in [6.07, 6.45) is 5.76. The Morgan fingerprint density at radius 2 is 2.11 bits per heavy atom. The topological polar surface area (TPSA) is 80.6 Å². The molecular formula is C22H24N2O4. The molecule has 1 spiro atoms. The van der Waals surface area contributed by atoms with Crippen molar-refractivity contribution in [1.29, 1.82) is 0 Å². The van der Waals surface area contributed by atoms with E-state index in [1.807, 2.05) is 30.3 Å². The average Bonchev–Trinajstić information content (AvgIpc) is 3.22. The van der Waals surface area contributed by atoms with Gasteiger partial charge in [0.1, 0.15) is 11.5 Å². The lowest BCUT2D eigenvalue weighted by atomic mass is 9.60. The lowest BCUT2D eigenvalue weighted by Crippen LogP contribution is -2.66. The zero-order valence-corrected chi connectivity index (χ0v) is 15.6. The summed E-state index contributed by atoms with van der Waals surface area (Å²) >= 11 is 0. The highest BCUT2D eigenvalue weighted by Crippen LogP contribution is 2.52. The molecule has 28 heavy (non-hydrogen) atoms. The van der Waals surface area contributed by atoms with E-state index in [2.05, 4.69) is 10.6 Å². The fourth-order valence-corrected chi connectivity index (χ4v) is 5.18. The molecule has 2 amide bonds. The van der Waals surface area contributed by atoms with Crippen molar-refractivity contribution in [3.8, 4) is 5.75 Å². The fraction of sp³-hybridized carbons (Fsp3) is 0.455. The minimum absolute atomic E-state index is 0.0151. The van der Waals surface area contributed by atoms with Crippen LogP contribution in [0.15, 0.2) is 47.1 Å². The summed E-state index contributed by atoms with van der Waals surface area (Å²) in [6.45, 7) is 0.575. The van der Waals surface area contributed by atoms with Crippen molar-refractivity contribution < 1.29 is 18.7 Å². The van der Waals surface area contributed by atoms with Crippen molar-refractivity contribution in [2.45, 2.75) is 37.8 Å². The Balaban J connectivity index is 1.26. The number of fused-ring (bicyclic) bond motifs is 3. The molecule has 6 rings (SSSR count). The van der Waals surface area contributed by atoms with E-state index < -0.39 is 5.72 Å². The van der Waals surface area contributed by atoms with Crippen LogP contribution in [0, 0.1) is 17.8 Å². The molecule has 2 N–H and O–H groups in total. The molecule has 0 radical (unpaired) electrons. The van der Waals surface area contributed by atoms with Crippen LogP contribution < -0.4 is 15.4 Å². The molecule has 0 unspecified atom stereocenters. The molecule has 3 saturated carbocycles. The number of nitrogens with one attached hydrogen (secondary N) is 2. The molecule has 2 aromatic rings. The summed E-state index contributed by atoms with van der Waals surface area (Å²) in [7, 11) is 0. The predicted molar refractivity (Wildman–Crippen MR) is 102 cm³/mol. The molecule has 146 valence electrons. The van der Waals surface area contributed by atoms with Crippen LogP contribution in [0.1, 0.15) is 41.8 Å². The lowest BCUT2D eigenvalue weighted by molar-refractivity contribution is -0.146. The molecule has 3 fully saturated rings. The molecule has 2 heterocycles. The summed E-state index contributed by atoms with van der Waals surface area (Å²) in [5, 5.41) is 6.20. The number of para-hydroxylation sites is 1. The number of carbonyl (C=O) groups excluding carboxylic acids is 2. The van der Waals surface area contributed by atoms with Crippen molar-refractivity contribution in [3.05, 3.63) is 54.0 Å². The van der Waals surface area contributed by atoms with E-state index in [1.54, 1.807) is 12.3 Å². The van der Waals surface area contributed by atoms with Crippen LogP contribution in [0.5, 0.6) is 5.75 Å². The van der Waals surface area contributed by atoms with Gasteiger partial charge in [0.15, 0.2) is 5.72 Å². The van der Waals surface area contributed by atoms with E-state index >= 15 is 0 Å². The fourth-order valence-electron chi connectivity index (χ4n) is 5.18. The van der Waals surface area contributed by atoms with Crippen molar-refractivity contribution in [2.75, 3.05) is 6.54 Å². The third-order valence-corrected chi connectivity index (χ3v) is 6.55. The summed E-state index contributed by atoms with van der Waals surface area (Å²) in [5.74, 6) is 1.92. The van der Waals surface area contributed by atoms with Crippen LogP contribution in [0.25, 0.3) is 0 Å². The Hall–Kier alpha value is -2.76. The van der Waals surface area contributed by atoms with E-state index in [0.717, 1.165) is 25.0 Å². The van der Waals surface area contributed by atoms with Gasteiger partial charge in [0.25, 0.3) is 5.91 Å². The first-order valence-electron chi connectivity index (χ1n) is 10.1. The number of carbonyl (C=O) groups is 2. The van der Waals surface area contributed by atoms with Gasteiger partial charge < -0.3 is 19.8 Å². The van der Waals surface area contributed by atoms with Crippen molar-refractivity contribution in [2.24, 2.45) is 17.8 Å². The number of rotatable bonds is 4. The van der Waals surface area contributed by atoms with E-state index in [0.29, 0.717) is 30.7 Å². The highest BCUT2D eigenvalue weighted by molar-refractivity contribution is 5.98. The van der Waals surface area contributed by atoms with E-state index in [9.17, 15) is 9.59 Å². The molecule has 4 atom stereocenters. The number of amides is 2. The van der Waals surface area contributed by atoms with E-state index in [1.165, 1.54) is 0 Å². The van der Waals surface area contributed by atoms with Gasteiger partial charge in [-0.2, -0.15) is 0 Å². The first-order valence-corrected chi connectivity index (χ1v) is 10.1. The number of hydrogen-bond acceptors (Lipinski definition) is 4. The highest BCUT2D eigenvalue weighted by Gasteiger charge is 2.57. The third-order valence-electron chi connectivity index (χ3n) is 6.55. The molecule has 6 nitrogen and oxygen atoms in total. The molecular weight excluding hydrogens is 356 g/mol. The van der Waals surface area contributed by atoms with Gasteiger partial charge in [0.05, 0.1) is 11.8 Å². The van der Waals surface area contributed by atoms with Gasteiger partial charge in [-0.05, 0) is 49.4 Å². The Bertz CT molecular complexity index is 894. The van der Waals surface area contributed by atoms with E-state index in [-0.39, 0.29) is 29.6 Å². The summed E-state index contributed by atoms with van der Waals surface area (Å²) in [5.41, 5.74) is -0.0824. The molecule has 1 aromatic carbocycles. The largest absolute Gasteiger partial charge is 0.469 e. The summed E-state index contributed by atoms with van der Waals surface area (Å²) < 4.78 is 11.7. The maximum Gasteiger partial charge on any atom is 0.258 e. The normalized spacial score (nSPS) is 30.4. The second kappa shape index (κ2) is 6.69. The van der Waals surface area contributed by atoms with Gasteiger partial charge in [0, 0.05) is 31.2 Å².